The number of aliphatic hydroxyl groups excluding tert-OH is 1. The van der Waals surface area contributed by atoms with E-state index in [1.807, 2.05) is 24.3 Å². The predicted molar refractivity (Wildman–Crippen MR) is 88.9 cm³/mol. The van der Waals surface area contributed by atoms with E-state index in [9.17, 15) is 5.11 Å². The van der Waals surface area contributed by atoms with E-state index in [1.54, 1.807) is 0 Å². The van der Waals surface area contributed by atoms with Crippen LogP contribution in [0.3, 0.4) is 0 Å². The largest absolute Gasteiger partial charge is 0.385 e. The summed E-state index contributed by atoms with van der Waals surface area (Å²) in [5, 5.41) is 10.3. The minimum atomic E-state index is -0.479. The molecule has 2 atom stereocenters. The summed E-state index contributed by atoms with van der Waals surface area (Å²) in [5.74, 6) is 0.791. The van der Waals surface area contributed by atoms with Crippen LogP contribution < -0.4 is 0 Å². The standard InChI is InChI=1S/C17H16N2O.BrH/c1-11-7-8-13-15(9-11)19-14(10-16(20)17(19)18-13)12-5-3-2-4-6-12;/h2-9,14,16,20H,10H2,1H3;1H. The number of fused-ring (bicyclic) bond motifs is 3. The van der Waals surface area contributed by atoms with Crippen molar-refractivity contribution in [2.24, 2.45) is 0 Å². The van der Waals surface area contributed by atoms with Crippen LogP contribution in [0.15, 0.2) is 48.5 Å². The number of rotatable bonds is 1. The minimum absolute atomic E-state index is 0. The van der Waals surface area contributed by atoms with Crippen LogP contribution in [0.1, 0.15) is 35.5 Å². The molecule has 21 heavy (non-hydrogen) atoms. The van der Waals surface area contributed by atoms with E-state index < -0.39 is 6.10 Å². The van der Waals surface area contributed by atoms with E-state index in [-0.39, 0.29) is 23.0 Å². The maximum atomic E-state index is 10.3. The fraction of sp³-hybridized carbons (Fsp3) is 0.235. The Morgan fingerprint density at radius 3 is 2.67 bits per heavy atom. The average molecular weight is 345 g/mol. The van der Waals surface area contributed by atoms with Gasteiger partial charge in [-0.2, -0.15) is 0 Å². The normalized spacial score (nSPS) is 20.3. The summed E-state index contributed by atoms with van der Waals surface area (Å²) in [4.78, 5) is 4.60. The predicted octanol–water partition coefficient (Wildman–Crippen LogP) is 3.95. The third-order valence-corrected chi connectivity index (χ3v) is 4.11. The molecule has 1 aromatic heterocycles. The highest BCUT2D eigenvalue weighted by atomic mass is 79.9. The lowest BCUT2D eigenvalue weighted by Crippen LogP contribution is -2.05. The van der Waals surface area contributed by atoms with Gasteiger partial charge >= 0.3 is 0 Å². The highest BCUT2D eigenvalue weighted by Gasteiger charge is 2.33. The molecule has 1 aliphatic heterocycles. The second-order valence-corrected chi connectivity index (χ2v) is 5.51. The Balaban J connectivity index is 0.00000132. The SMILES string of the molecule is Br.Cc1ccc2nc3n(c2c1)C(c1ccccc1)CC3O. The number of halogens is 1. The van der Waals surface area contributed by atoms with Crippen molar-refractivity contribution in [1.29, 1.82) is 0 Å². The van der Waals surface area contributed by atoms with Crippen LogP contribution in [0, 0.1) is 6.92 Å². The Morgan fingerprint density at radius 1 is 1.14 bits per heavy atom. The fourth-order valence-electron chi connectivity index (χ4n) is 3.17. The first-order valence-electron chi connectivity index (χ1n) is 6.95. The summed E-state index contributed by atoms with van der Waals surface area (Å²) in [6.07, 6.45) is 0.226. The highest BCUT2D eigenvalue weighted by Crippen LogP contribution is 2.40. The highest BCUT2D eigenvalue weighted by molar-refractivity contribution is 8.93. The Morgan fingerprint density at radius 2 is 1.90 bits per heavy atom. The number of benzene rings is 2. The molecule has 108 valence electrons. The van der Waals surface area contributed by atoms with Crippen LogP contribution in [0.2, 0.25) is 0 Å². The maximum Gasteiger partial charge on any atom is 0.139 e. The van der Waals surface area contributed by atoms with Gasteiger partial charge in [-0.15, -0.1) is 17.0 Å². The Hall–Kier alpha value is -1.65. The molecule has 4 rings (SSSR count). The van der Waals surface area contributed by atoms with Gasteiger partial charge in [0.05, 0.1) is 17.1 Å². The van der Waals surface area contributed by atoms with Gasteiger partial charge in [-0.05, 0) is 30.2 Å². The number of imidazole rings is 1. The molecule has 0 bridgehead atoms. The van der Waals surface area contributed by atoms with Crippen LogP contribution in [-0.2, 0) is 0 Å². The number of aromatic nitrogens is 2. The number of hydrogen-bond acceptors (Lipinski definition) is 2. The monoisotopic (exact) mass is 344 g/mol. The van der Waals surface area contributed by atoms with Crippen molar-refractivity contribution in [1.82, 2.24) is 9.55 Å². The van der Waals surface area contributed by atoms with E-state index in [4.69, 9.17) is 0 Å². The van der Waals surface area contributed by atoms with Crippen LogP contribution in [0.25, 0.3) is 11.0 Å². The topological polar surface area (TPSA) is 38.0 Å². The van der Waals surface area contributed by atoms with Gasteiger partial charge in [0, 0.05) is 6.42 Å². The lowest BCUT2D eigenvalue weighted by Gasteiger charge is -2.14. The van der Waals surface area contributed by atoms with Crippen molar-refractivity contribution in [2.75, 3.05) is 0 Å². The summed E-state index contributed by atoms with van der Waals surface area (Å²) in [6.45, 7) is 2.09. The van der Waals surface area contributed by atoms with E-state index in [1.165, 1.54) is 11.1 Å². The van der Waals surface area contributed by atoms with E-state index in [0.29, 0.717) is 6.42 Å². The molecule has 0 saturated heterocycles. The van der Waals surface area contributed by atoms with Crippen molar-refractivity contribution in [3.8, 4) is 0 Å². The van der Waals surface area contributed by atoms with Gasteiger partial charge in [-0.3, -0.25) is 0 Å². The zero-order valence-corrected chi connectivity index (χ0v) is 13.4. The minimum Gasteiger partial charge on any atom is -0.385 e. The maximum absolute atomic E-state index is 10.3. The summed E-state index contributed by atoms with van der Waals surface area (Å²) < 4.78 is 2.20. The first kappa shape index (κ1) is 14.3. The summed E-state index contributed by atoms with van der Waals surface area (Å²) in [5.41, 5.74) is 4.52. The van der Waals surface area contributed by atoms with E-state index >= 15 is 0 Å². The molecule has 3 aromatic rings. The van der Waals surface area contributed by atoms with Gasteiger partial charge in [-0.1, -0.05) is 36.4 Å². The molecule has 0 spiro atoms. The molecule has 1 aliphatic rings. The Kier molecular flexibility index (Phi) is 3.59. The van der Waals surface area contributed by atoms with Crippen molar-refractivity contribution >= 4 is 28.0 Å². The quantitative estimate of drug-likeness (QED) is 0.725. The average Bonchev–Trinajstić information content (AvgIpc) is 2.98. The Bertz CT molecular complexity index is 782. The third-order valence-electron chi connectivity index (χ3n) is 4.11. The lowest BCUT2D eigenvalue weighted by molar-refractivity contribution is 0.172. The van der Waals surface area contributed by atoms with Gasteiger partial charge < -0.3 is 9.67 Å². The van der Waals surface area contributed by atoms with Crippen molar-refractivity contribution in [3.63, 3.8) is 0 Å². The molecule has 2 aromatic carbocycles. The van der Waals surface area contributed by atoms with Gasteiger partial charge in [0.15, 0.2) is 0 Å². The van der Waals surface area contributed by atoms with Gasteiger partial charge in [-0.25, -0.2) is 4.98 Å². The lowest BCUT2D eigenvalue weighted by atomic mass is 10.0. The number of aryl methyl sites for hydroxylation is 1. The zero-order valence-electron chi connectivity index (χ0n) is 11.7. The second-order valence-electron chi connectivity index (χ2n) is 5.51. The van der Waals surface area contributed by atoms with Crippen LogP contribution in [0.5, 0.6) is 0 Å². The number of nitrogens with zero attached hydrogens (tertiary/aromatic N) is 2. The fourth-order valence-corrected chi connectivity index (χ4v) is 3.17. The Labute approximate surface area is 134 Å². The molecule has 2 unspecified atom stereocenters. The molecular formula is C17H17BrN2O. The zero-order chi connectivity index (χ0) is 13.7. The first-order chi connectivity index (χ1) is 9.74. The molecule has 4 heteroatoms. The molecule has 3 nitrogen and oxygen atoms in total. The molecule has 2 heterocycles. The molecular weight excluding hydrogens is 328 g/mol. The van der Waals surface area contributed by atoms with Crippen molar-refractivity contribution in [3.05, 3.63) is 65.5 Å². The third kappa shape index (κ3) is 2.19. The molecule has 0 saturated carbocycles. The van der Waals surface area contributed by atoms with E-state index in [2.05, 4.69) is 40.7 Å². The second kappa shape index (κ2) is 5.28. The summed E-state index contributed by atoms with van der Waals surface area (Å²) in [7, 11) is 0. The molecule has 0 radical (unpaired) electrons. The molecule has 0 aliphatic carbocycles. The molecule has 1 N–H and O–H groups in total. The number of aliphatic hydroxyl groups is 1. The first-order valence-corrected chi connectivity index (χ1v) is 6.95. The molecule has 0 amide bonds. The van der Waals surface area contributed by atoms with E-state index in [0.717, 1.165) is 16.9 Å². The van der Waals surface area contributed by atoms with Crippen LogP contribution >= 0.6 is 17.0 Å². The summed E-state index contributed by atoms with van der Waals surface area (Å²) >= 11 is 0. The molecule has 0 fully saturated rings. The van der Waals surface area contributed by atoms with Crippen molar-refractivity contribution < 1.29 is 5.11 Å². The van der Waals surface area contributed by atoms with Gasteiger partial charge in [0.1, 0.15) is 11.9 Å². The van der Waals surface area contributed by atoms with Crippen LogP contribution in [0.4, 0.5) is 0 Å². The number of hydrogen-bond donors (Lipinski definition) is 1. The van der Waals surface area contributed by atoms with Gasteiger partial charge in [0.2, 0.25) is 0 Å². The smallest absolute Gasteiger partial charge is 0.139 e. The van der Waals surface area contributed by atoms with Crippen LogP contribution in [-0.4, -0.2) is 14.7 Å². The van der Waals surface area contributed by atoms with Crippen molar-refractivity contribution in [2.45, 2.75) is 25.5 Å². The summed E-state index contributed by atoms with van der Waals surface area (Å²) in [6, 6.07) is 16.8. The van der Waals surface area contributed by atoms with Gasteiger partial charge in [0.25, 0.3) is 0 Å².